The van der Waals surface area contributed by atoms with Crippen LogP contribution in [0.2, 0.25) is 0 Å². The molecular weight excluding hydrogens is 2010 g/mol. The molecule has 5 atom stereocenters. The third kappa shape index (κ3) is 24.9. The van der Waals surface area contributed by atoms with Gasteiger partial charge in [-0.15, -0.1) is 0 Å². The van der Waals surface area contributed by atoms with Crippen molar-refractivity contribution in [2.24, 2.45) is 44.9 Å². The molecule has 20 rings (SSSR count). The number of aromatic nitrogens is 15. The van der Waals surface area contributed by atoms with Crippen molar-refractivity contribution < 1.29 is 75.3 Å². The van der Waals surface area contributed by atoms with E-state index in [9.17, 15) is 65.9 Å². The van der Waals surface area contributed by atoms with E-state index in [-0.39, 0.29) is 136 Å². The summed E-state index contributed by atoms with van der Waals surface area (Å²) >= 11 is 4.07. The summed E-state index contributed by atoms with van der Waals surface area (Å²) in [6, 6.07) is 14.8. The highest BCUT2D eigenvalue weighted by Crippen LogP contribution is 2.53. The summed E-state index contributed by atoms with van der Waals surface area (Å²) in [5.74, 6) is 3.64. The molecular formula is C93H111F15N30O2S5. The van der Waals surface area contributed by atoms with Crippen molar-refractivity contribution in [2.45, 2.75) is 257 Å². The molecule has 32 nitrogen and oxygen atoms in total. The molecule has 10 aliphatic rings. The third-order valence-electron chi connectivity index (χ3n) is 29.0. The van der Waals surface area contributed by atoms with Crippen molar-refractivity contribution in [3.05, 3.63) is 151 Å². The summed E-state index contributed by atoms with van der Waals surface area (Å²) in [6.07, 6.45) is 11.9. The molecule has 5 spiro atoms. The summed E-state index contributed by atoms with van der Waals surface area (Å²) in [5.41, 5.74) is 56.9. The largest absolute Gasteiger partial charge is 0.434 e. The molecule has 52 heteroatoms. The fourth-order valence-corrected chi connectivity index (χ4v) is 25.1. The maximum Gasteiger partial charge on any atom is 0.434 e. The van der Waals surface area contributed by atoms with E-state index in [1.165, 1.54) is 112 Å². The molecule has 10 fully saturated rings. The Hall–Kier alpha value is -10.4. The number of piperidine rings is 5. The van der Waals surface area contributed by atoms with Crippen LogP contribution in [-0.2, 0) is 40.4 Å². The number of ether oxygens (including phenoxy) is 2. The third-order valence-corrected chi connectivity index (χ3v) is 34.3. The van der Waals surface area contributed by atoms with Gasteiger partial charge in [0.05, 0.1) is 42.2 Å². The molecule has 17 heterocycles. The van der Waals surface area contributed by atoms with Crippen LogP contribution >= 0.6 is 58.8 Å². The van der Waals surface area contributed by atoms with Gasteiger partial charge < -0.3 is 91.3 Å². The number of nitrogen functional groups attached to an aromatic ring is 5. The summed E-state index contributed by atoms with van der Waals surface area (Å²) < 4.78 is 209. The normalized spacial score (nSPS) is 21.7. The maximum atomic E-state index is 13.2. The van der Waals surface area contributed by atoms with Gasteiger partial charge >= 0.3 is 30.9 Å². The van der Waals surface area contributed by atoms with Gasteiger partial charge in [-0.25, -0.2) is 49.8 Å². The lowest BCUT2D eigenvalue weighted by Gasteiger charge is -2.42. The maximum absolute atomic E-state index is 13.2. The van der Waals surface area contributed by atoms with Crippen molar-refractivity contribution in [2.75, 3.05) is 132 Å². The highest BCUT2D eigenvalue weighted by molar-refractivity contribution is 8.00. The molecule has 1 unspecified atom stereocenters. The van der Waals surface area contributed by atoms with Crippen LogP contribution in [0, 0.1) is 16.2 Å². The Balaban J connectivity index is 0.000000130. The molecule has 7 aliphatic heterocycles. The minimum Gasteiger partial charge on any atom is -0.381 e. The minimum absolute atomic E-state index is 0.0434. The van der Waals surface area contributed by atoms with Crippen LogP contribution in [0.15, 0.2) is 172 Å². The summed E-state index contributed by atoms with van der Waals surface area (Å²) in [4.78, 5) is 70.8. The Morgan fingerprint density at radius 2 is 0.455 bits per heavy atom. The Morgan fingerprint density at radius 3 is 0.614 bits per heavy atom. The first-order chi connectivity index (χ1) is 68.9. The van der Waals surface area contributed by atoms with E-state index in [4.69, 9.17) is 66.8 Å². The van der Waals surface area contributed by atoms with Crippen LogP contribution in [0.3, 0.4) is 0 Å². The second-order valence-corrected chi connectivity index (χ2v) is 42.6. The number of hydrogen-bond acceptors (Lipinski definition) is 37. The molecule has 0 bridgehead atoms. The van der Waals surface area contributed by atoms with E-state index >= 15 is 0 Å². The van der Waals surface area contributed by atoms with Crippen LogP contribution < -0.4 is 81.8 Å². The number of anilines is 10. The topological polar surface area (TPSA) is 488 Å². The van der Waals surface area contributed by atoms with Crippen LogP contribution in [0.1, 0.15) is 163 Å². The molecule has 780 valence electrons. The van der Waals surface area contributed by atoms with Gasteiger partial charge in [0.2, 0.25) is 0 Å². The molecule has 7 saturated heterocycles. The average molecular weight is 2130 g/mol. The Kier molecular flexibility index (Phi) is 33.0. The zero-order valence-corrected chi connectivity index (χ0v) is 82.6. The number of alkyl halides is 15. The monoisotopic (exact) mass is 2120 g/mol. The van der Waals surface area contributed by atoms with E-state index in [2.05, 4.69) is 89.5 Å². The van der Waals surface area contributed by atoms with Crippen molar-refractivity contribution in [3.63, 3.8) is 0 Å². The SMILES string of the molecule is Nc1nc(N2CCC3(CC2)OCC[C@@H]3N)cnc1Sc1cccnc1C(F)(F)F.Nc1nc(N2CCC3(CC2)OCC[C@H]3N)cnc1Sc1cccnc1C(F)(F)F.Nc1nc(N2CCC3(CCCC3N)CC2)cnc1Sc1cccnc1C(F)(F)F.Nc1nc(N2CCC3(CCC[C@@H]3N)CC2)cnc1Sc1cccnc1C(F)(F)F.Nc1nc(N2CCC3(CCC[C@H]3N)CC2)cnc1Sc1cccnc1C(F)(F)F. The molecule has 0 radical (unpaired) electrons. The van der Waals surface area contributed by atoms with Gasteiger partial charge in [-0.2, -0.15) is 65.9 Å². The standard InChI is InChI=1S/3C19H23F3N6S.2C18H21F3N6OS/c3*20-19(21,22)15-12(3-2-8-25-15)29-17-16(24)27-14(11-26-17)28-9-6-18(7-10-28)5-1-4-13(18)23;2*19-18(20,21)14-11(2-1-6-24-14)29-16-15(23)26-13(10-25-16)27-7-4-17(5-8-27)12(22)3-9-28-17/h3*2-3,8,11,13H,1,4-7,9-10,23H2,(H2,24,27);2*1-2,6,10,12H,3-5,7-9,22H2,(H2,23,26)/t2*13-;;2*12-/m10.10/s1. The first-order valence-corrected chi connectivity index (χ1v) is 51.4. The second kappa shape index (κ2) is 44.5. The summed E-state index contributed by atoms with van der Waals surface area (Å²) in [6.45, 7) is 9.16. The number of rotatable bonds is 15. The van der Waals surface area contributed by atoms with Gasteiger partial charge in [0.25, 0.3) is 0 Å². The molecule has 0 amide bonds. The Bertz CT molecular complexity index is 5270. The van der Waals surface area contributed by atoms with E-state index in [0.717, 1.165) is 225 Å². The number of halogens is 15. The smallest absolute Gasteiger partial charge is 0.381 e. The van der Waals surface area contributed by atoms with Crippen molar-refractivity contribution in [3.8, 4) is 0 Å². The minimum atomic E-state index is -4.56. The van der Waals surface area contributed by atoms with E-state index in [0.29, 0.717) is 68.5 Å². The summed E-state index contributed by atoms with van der Waals surface area (Å²) in [5, 5.41) is 1.12. The number of nitrogens with two attached hydrogens (primary N) is 10. The second-order valence-electron chi connectivity index (χ2n) is 37.5. The van der Waals surface area contributed by atoms with E-state index in [1.807, 2.05) is 9.80 Å². The molecule has 10 aromatic heterocycles. The zero-order chi connectivity index (χ0) is 103. The lowest BCUT2D eigenvalue weighted by atomic mass is 9.74. The van der Waals surface area contributed by atoms with Gasteiger partial charge in [0.1, 0.15) is 54.2 Å². The molecule has 3 saturated carbocycles. The van der Waals surface area contributed by atoms with E-state index < -0.39 is 59.4 Å². The first kappa shape index (κ1) is 107. The molecule has 20 N–H and O–H groups in total. The lowest BCUT2D eigenvalue weighted by molar-refractivity contribution is -0.144. The average Bonchev–Trinajstić information content (AvgIpc) is 1.69. The predicted molar refractivity (Wildman–Crippen MR) is 522 cm³/mol. The molecule has 145 heavy (non-hydrogen) atoms. The van der Waals surface area contributed by atoms with Crippen LogP contribution in [0.5, 0.6) is 0 Å². The number of pyridine rings is 5. The first-order valence-electron chi connectivity index (χ1n) is 47.4. The van der Waals surface area contributed by atoms with E-state index in [1.54, 1.807) is 18.6 Å². The van der Waals surface area contributed by atoms with Gasteiger partial charge in [0, 0.05) is 164 Å². The highest BCUT2D eigenvalue weighted by Gasteiger charge is 2.51. The van der Waals surface area contributed by atoms with Gasteiger partial charge in [-0.3, -0.25) is 24.9 Å². The highest BCUT2D eigenvalue weighted by atomic mass is 32.2. The fourth-order valence-electron chi connectivity index (χ4n) is 20.7. The quantitative estimate of drug-likeness (QED) is 0.0426. The Morgan fingerprint density at radius 1 is 0.262 bits per heavy atom. The lowest BCUT2D eigenvalue weighted by Crippen LogP contribution is -2.53. The number of hydrogen-bond donors (Lipinski definition) is 10. The van der Waals surface area contributed by atoms with Crippen LogP contribution in [0.25, 0.3) is 0 Å². The van der Waals surface area contributed by atoms with Crippen molar-refractivity contribution in [1.29, 1.82) is 0 Å². The van der Waals surface area contributed by atoms with Crippen LogP contribution in [-0.4, -0.2) is 195 Å². The van der Waals surface area contributed by atoms with Crippen molar-refractivity contribution in [1.82, 2.24) is 74.8 Å². The zero-order valence-electron chi connectivity index (χ0n) is 78.5. The van der Waals surface area contributed by atoms with Crippen LogP contribution in [0.4, 0.5) is 124 Å². The van der Waals surface area contributed by atoms with Gasteiger partial charge in [-0.05, 0) is 192 Å². The molecule has 0 aromatic carbocycles. The van der Waals surface area contributed by atoms with Crippen molar-refractivity contribution >= 4 is 117 Å². The van der Waals surface area contributed by atoms with Gasteiger partial charge in [0.15, 0.2) is 57.6 Å². The predicted octanol–water partition coefficient (Wildman–Crippen LogP) is 16.6. The summed E-state index contributed by atoms with van der Waals surface area (Å²) in [7, 11) is 0. The Labute approximate surface area is 846 Å². The number of nitrogens with zero attached hydrogens (tertiary/aromatic N) is 20. The fraction of sp³-hybridized carbons (Fsp3) is 0.516. The molecule has 10 aromatic rings. The molecule has 3 aliphatic carbocycles. The van der Waals surface area contributed by atoms with Gasteiger partial charge in [-0.1, -0.05) is 78.1 Å².